The van der Waals surface area contributed by atoms with Crippen LogP contribution in [-0.2, 0) is 0 Å². The van der Waals surface area contributed by atoms with Crippen molar-refractivity contribution in [2.24, 2.45) is 0 Å². The van der Waals surface area contributed by atoms with Gasteiger partial charge in [-0.15, -0.1) is 0 Å². The molecule has 0 saturated carbocycles. The summed E-state index contributed by atoms with van der Waals surface area (Å²) in [5.74, 6) is 0. The average molecular weight is 110 g/mol. The summed E-state index contributed by atoms with van der Waals surface area (Å²) in [6, 6.07) is 0. The van der Waals surface area contributed by atoms with Crippen LogP contribution in [0.3, 0.4) is 0 Å². The molecule has 0 spiro atoms. The molecule has 1 aromatic rings. The molecular formula is C5H6N2O. The highest BCUT2D eigenvalue weighted by atomic mass is 16.1. The van der Waals surface area contributed by atoms with E-state index in [1.54, 1.807) is 6.20 Å². The second kappa shape index (κ2) is 1.69. The highest BCUT2D eigenvalue weighted by molar-refractivity contribution is 5.42. The van der Waals surface area contributed by atoms with E-state index < -0.39 is 0 Å². The Kier molecular flexibility index (Phi) is 1.04. The van der Waals surface area contributed by atoms with E-state index in [0.717, 1.165) is 0 Å². The molecular weight excluding hydrogens is 104 g/mol. The second-order valence-electron chi connectivity index (χ2n) is 1.40. The predicted octanol–water partition coefficient (Wildman–Crippen LogP) is 0.346. The summed E-state index contributed by atoms with van der Waals surface area (Å²) in [5, 5.41) is 4.91. The SMILES string of the molecule is C=Cc1c[nH][nH]c1=O. The summed E-state index contributed by atoms with van der Waals surface area (Å²) in [7, 11) is 0. The largest absolute Gasteiger partial charge is 0.305 e. The van der Waals surface area contributed by atoms with Crippen LogP contribution in [0.1, 0.15) is 5.56 Å². The Morgan fingerprint density at radius 1 is 1.75 bits per heavy atom. The second-order valence-corrected chi connectivity index (χ2v) is 1.40. The fourth-order valence-corrected chi connectivity index (χ4v) is 0.469. The molecule has 0 fully saturated rings. The van der Waals surface area contributed by atoms with E-state index >= 15 is 0 Å². The van der Waals surface area contributed by atoms with E-state index in [0.29, 0.717) is 5.56 Å². The van der Waals surface area contributed by atoms with Crippen molar-refractivity contribution in [1.82, 2.24) is 10.2 Å². The van der Waals surface area contributed by atoms with Gasteiger partial charge in [0.1, 0.15) is 0 Å². The van der Waals surface area contributed by atoms with Gasteiger partial charge in [0.25, 0.3) is 5.56 Å². The van der Waals surface area contributed by atoms with Crippen molar-refractivity contribution in [3.8, 4) is 0 Å². The molecule has 0 saturated heterocycles. The molecule has 1 rings (SSSR count). The van der Waals surface area contributed by atoms with Crippen molar-refractivity contribution in [3.05, 3.63) is 28.7 Å². The molecule has 8 heavy (non-hydrogen) atoms. The van der Waals surface area contributed by atoms with E-state index in [4.69, 9.17) is 0 Å². The van der Waals surface area contributed by atoms with E-state index in [9.17, 15) is 4.79 Å². The van der Waals surface area contributed by atoms with Crippen LogP contribution in [0.15, 0.2) is 17.6 Å². The lowest BCUT2D eigenvalue weighted by molar-refractivity contribution is 1.06. The van der Waals surface area contributed by atoms with Gasteiger partial charge < -0.3 is 5.10 Å². The number of rotatable bonds is 1. The molecule has 42 valence electrons. The van der Waals surface area contributed by atoms with Crippen LogP contribution < -0.4 is 5.56 Å². The first-order valence-electron chi connectivity index (χ1n) is 2.23. The maximum Gasteiger partial charge on any atom is 0.271 e. The third-order valence-electron chi connectivity index (χ3n) is 0.895. The Morgan fingerprint density at radius 2 is 2.50 bits per heavy atom. The molecule has 0 aliphatic rings. The zero-order valence-corrected chi connectivity index (χ0v) is 4.27. The predicted molar refractivity (Wildman–Crippen MR) is 31.5 cm³/mol. The zero-order valence-electron chi connectivity index (χ0n) is 4.27. The lowest BCUT2D eigenvalue weighted by atomic mass is 10.4. The summed E-state index contributed by atoms with van der Waals surface area (Å²) in [6.45, 7) is 3.42. The van der Waals surface area contributed by atoms with Gasteiger partial charge in [-0.2, -0.15) is 0 Å². The molecule has 0 amide bonds. The minimum absolute atomic E-state index is 0.125. The summed E-state index contributed by atoms with van der Waals surface area (Å²) in [6.07, 6.45) is 3.06. The van der Waals surface area contributed by atoms with Crippen LogP contribution in [0.25, 0.3) is 6.08 Å². The van der Waals surface area contributed by atoms with Crippen molar-refractivity contribution in [3.63, 3.8) is 0 Å². The molecule has 0 aliphatic heterocycles. The minimum atomic E-state index is -0.125. The van der Waals surface area contributed by atoms with Crippen LogP contribution in [0.4, 0.5) is 0 Å². The Balaban J connectivity index is 3.30. The lowest BCUT2D eigenvalue weighted by Gasteiger charge is -1.68. The van der Waals surface area contributed by atoms with Crippen molar-refractivity contribution < 1.29 is 0 Å². The molecule has 2 N–H and O–H groups in total. The average Bonchev–Trinajstić information content (AvgIpc) is 2.14. The van der Waals surface area contributed by atoms with Gasteiger partial charge in [0.15, 0.2) is 0 Å². The van der Waals surface area contributed by atoms with E-state index in [2.05, 4.69) is 16.8 Å². The first kappa shape index (κ1) is 4.90. The normalized spacial score (nSPS) is 9.00. The standard InChI is InChI=1S/C5H6N2O/c1-2-4-3-6-7-5(4)8/h2-3H,1H2,(H2,6,7,8). The first-order valence-corrected chi connectivity index (χ1v) is 2.23. The molecule has 0 unspecified atom stereocenters. The van der Waals surface area contributed by atoms with Gasteiger partial charge in [-0.3, -0.25) is 9.89 Å². The first-order chi connectivity index (χ1) is 3.84. The molecule has 0 atom stereocenters. The number of hydrogen-bond acceptors (Lipinski definition) is 1. The molecule has 3 heteroatoms. The van der Waals surface area contributed by atoms with Crippen LogP contribution in [0.5, 0.6) is 0 Å². The molecule has 0 aliphatic carbocycles. The molecule has 0 aromatic carbocycles. The summed E-state index contributed by atoms with van der Waals surface area (Å²) < 4.78 is 0. The maximum atomic E-state index is 10.5. The van der Waals surface area contributed by atoms with E-state index in [1.807, 2.05) is 0 Å². The van der Waals surface area contributed by atoms with E-state index in [1.165, 1.54) is 6.08 Å². The van der Waals surface area contributed by atoms with E-state index in [-0.39, 0.29) is 5.56 Å². The Hall–Kier alpha value is -1.25. The molecule has 1 aromatic heterocycles. The number of aromatic amines is 2. The van der Waals surface area contributed by atoms with Crippen LogP contribution in [0, 0.1) is 0 Å². The Labute approximate surface area is 46.0 Å². The van der Waals surface area contributed by atoms with Gasteiger partial charge >= 0.3 is 0 Å². The third-order valence-corrected chi connectivity index (χ3v) is 0.895. The highest BCUT2D eigenvalue weighted by Crippen LogP contribution is 1.84. The summed E-state index contributed by atoms with van der Waals surface area (Å²) >= 11 is 0. The van der Waals surface area contributed by atoms with Crippen LogP contribution in [-0.4, -0.2) is 10.2 Å². The number of H-pyrrole nitrogens is 2. The van der Waals surface area contributed by atoms with Gasteiger partial charge in [-0.25, -0.2) is 0 Å². The zero-order chi connectivity index (χ0) is 5.98. The third kappa shape index (κ3) is 0.578. The van der Waals surface area contributed by atoms with Crippen molar-refractivity contribution >= 4 is 6.08 Å². The quantitative estimate of drug-likeness (QED) is 0.538. The Morgan fingerprint density at radius 3 is 2.75 bits per heavy atom. The van der Waals surface area contributed by atoms with Crippen LogP contribution in [0.2, 0.25) is 0 Å². The number of nitrogens with one attached hydrogen (secondary N) is 2. The van der Waals surface area contributed by atoms with Crippen molar-refractivity contribution in [2.75, 3.05) is 0 Å². The van der Waals surface area contributed by atoms with Crippen molar-refractivity contribution in [1.29, 1.82) is 0 Å². The van der Waals surface area contributed by atoms with Crippen LogP contribution >= 0.6 is 0 Å². The molecule has 3 nitrogen and oxygen atoms in total. The Bertz CT molecular complexity index is 233. The van der Waals surface area contributed by atoms with Gasteiger partial charge in [0.2, 0.25) is 0 Å². The molecule has 0 radical (unpaired) electrons. The molecule has 0 bridgehead atoms. The maximum absolute atomic E-state index is 10.5. The van der Waals surface area contributed by atoms with Gasteiger partial charge in [0, 0.05) is 6.20 Å². The monoisotopic (exact) mass is 110 g/mol. The minimum Gasteiger partial charge on any atom is -0.305 e. The van der Waals surface area contributed by atoms with Crippen molar-refractivity contribution in [2.45, 2.75) is 0 Å². The summed E-state index contributed by atoms with van der Waals surface area (Å²) in [4.78, 5) is 10.5. The van der Waals surface area contributed by atoms with Gasteiger partial charge in [-0.1, -0.05) is 12.7 Å². The fraction of sp³-hybridized carbons (Fsp3) is 0. The highest BCUT2D eigenvalue weighted by Gasteiger charge is 1.89. The number of aromatic nitrogens is 2. The fourth-order valence-electron chi connectivity index (χ4n) is 0.469. The smallest absolute Gasteiger partial charge is 0.271 e. The summed E-state index contributed by atoms with van der Waals surface area (Å²) in [5.41, 5.74) is 0.449. The topological polar surface area (TPSA) is 48.6 Å². The number of hydrogen-bond donors (Lipinski definition) is 2. The van der Waals surface area contributed by atoms with Gasteiger partial charge in [0.05, 0.1) is 5.56 Å². The lowest BCUT2D eigenvalue weighted by Crippen LogP contribution is -2.00. The molecule has 1 heterocycles. The van der Waals surface area contributed by atoms with Gasteiger partial charge in [-0.05, 0) is 0 Å².